The van der Waals surface area contributed by atoms with E-state index in [4.69, 9.17) is 4.74 Å². The number of hydrogen-bond acceptors (Lipinski definition) is 4. The number of ether oxygens (including phenoxy) is 1. The van der Waals surface area contributed by atoms with Crippen molar-refractivity contribution in [2.24, 2.45) is 0 Å². The Morgan fingerprint density at radius 2 is 1.91 bits per heavy atom. The Bertz CT molecular complexity index is 1310. The van der Waals surface area contributed by atoms with Gasteiger partial charge < -0.3 is 14.6 Å². The second-order valence-corrected chi connectivity index (χ2v) is 8.57. The van der Waals surface area contributed by atoms with Crippen molar-refractivity contribution >= 4 is 22.4 Å². The molecule has 1 N–H and O–H groups in total. The minimum absolute atomic E-state index is 0.156. The Morgan fingerprint density at radius 1 is 1.03 bits per heavy atom. The van der Waals surface area contributed by atoms with Crippen LogP contribution in [-0.4, -0.2) is 27.3 Å². The van der Waals surface area contributed by atoms with Crippen molar-refractivity contribution < 1.29 is 13.9 Å². The van der Waals surface area contributed by atoms with Gasteiger partial charge in [-0.3, -0.25) is 4.79 Å². The summed E-state index contributed by atoms with van der Waals surface area (Å²) in [6.45, 7) is 1.25. The van der Waals surface area contributed by atoms with Gasteiger partial charge in [-0.1, -0.05) is 42.8 Å². The molecule has 0 fully saturated rings. The Kier molecular flexibility index (Phi) is 6.51. The summed E-state index contributed by atoms with van der Waals surface area (Å²) in [6.07, 6.45) is 5.00. The number of nitrogens with one attached hydrogen (secondary N) is 1. The molecule has 0 bridgehead atoms. The zero-order valence-corrected chi connectivity index (χ0v) is 19.0. The summed E-state index contributed by atoms with van der Waals surface area (Å²) in [6, 6.07) is 18.6. The first-order valence-electron chi connectivity index (χ1n) is 11.8. The predicted molar refractivity (Wildman–Crippen MR) is 130 cm³/mol. The van der Waals surface area contributed by atoms with Crippen LogP contribution in [0.5, 0.6) is 5.75 Å². The smallest absolute Gasteiger partial charge is 0.224 e. The van der Waals surface area contributed by atoms with E-state index in [-0.39, 0.29) is 18.0 Å². The van der Waals surface area contributed by atoms with Gasteiger partial charge in [0, 0.05) is 30.3 Å². The summed E-state index contributed by atoms with van der Waals surface area (Å²) in [4.78, 5) is 12.5. The summed E-state index contributed by atoms with van der Waals surface area (Å²) in [5.74, 6) is 1.76. The number of carbonyl (C=O) groups excluding carboxylic acids is 1. The molecule has 0 radical (unpaired) electrons. The lowest BCUT2D eigenvalue weighted by Crippen LogP contribution is -2.14. The van der Waals surface area contributed by atoms with Gasteiger partial charge in [0.05, 0.1) is 12.3 Å². The average Bonchev–Trinajstić information content (AvgIpc) is 3.11. The fourth-order valence-electron chi connectivity index (χ4n) is 4.41. The minimum Gasteiger partial charge on any atom is -0.493 e. The van der Waals surface area contributed by atoms with Crippen molar-refractivity contribution in [1.29, 1.82) is 0 Å². The van der Waals surface area contributed by atoms with E-state index in [2.05, 4.69) is 20.1 Å². The first-order valence-corrected chi connectivity index (χ1v) is 11.8. The van der Waals surface area contributed by atoms with Crippen LogP contribution < -0.4 is 10.1 Å². The molecule has 34 heavy (non-hydrogen) atoms. The molecule has 0 unspecified atom stereocenters. The summed E-state index contributed by atoms with van der Waals surface area (Å²) in [7, 11) is 0. The van der Waals surface area contributed by atoms with Crippen molar-refractivity contribution in [1.82, 2.24) is 14.8 Å². The first-order chi connectivity index (χ1) is 16.7. The SMILES string of the molecule is O=C(CCCOc1cccc2ccccc12)Nc1cc(-c2nnc3n2CCCCC3)ccc1F. The highest BCUT2D eigenvalue weighted by Crippen LogP contribution is 2.27. The highest BCUT2D eigenvalue weighted by molar-refractivity contribution is 5.91. The van der Waals surface area contributed by atoms with Crippen molar-refractivity contribution in [3.63, 3.8) is 0 Å². The maximum Gasteiger partial charge on any atom is 0.224 e. The van der Waals surface area contributed by atoms with E-state index in [0.717, 1.165) is 66.0 Å². The minimum atomic E-state index is -0.472. The van der Waals surface area contributed by atoms with E-state index in [1.165, 1.54) is 6.07 Å². The molecular weight excluding hydrogens is 431 g/mol. The molecule has 174 valence electrons. The molecular formula is C27H27FN4O2. The number of hydrogen-bond donors (Lipinski definition) is 1. The van der Waals surface area contributed by atoms with Crippen molar-refractivity contribution in [3.05, 3.63) is 72.3 Å². The number of halogens is 1. The third-order valence-electron chi connectivity index (χ3n) is 6.16. The van der Waals surface area contributed by atoms with Crippen LogP contribution in [0.15, 0.2) is 60.7 Å². The fraction of sp³-hybridized carbons (Fsp3) is 0.296. The van der Waals surface area contributed by atoms with Crippen molar-refractivity contribution in [2.75, 3.05) is 11.9 Å². The van der Waals surface area contributed by atoms with Gasteiger partial charge in [0.1, 0.15) is 17.4 Å². The number of amides is 1. The highest BCUT2D eigenvalue weighted by Gasteiger charge is 2.17. The molecule has 0 spiro atoms. The number of aryl methyl sites for hydroxylation is 1. The zero-order chi connectivity index (χ0) is 23.3. The Morgan fingerprint density at radius 3 is 2.85 bits per heavy atom. The number of benzene rings is 3. The molecule has 7 heteroatoms. The van der Waals surface area contributed by atoms with Crippen LogP contribution in [0.2, 0.25) is 0 Å². The molecule has 0 saturated heterocycles. The Labute approximate surface area is 197 Å². The number of carbonyl (C=O) groups is 1. The molecule has 1 aliphatic rings. The fourth-order valence-corrected chi connectivity index (χ4v) is 4.41. The first kappa shape index (κ1) is 22.1. The normalized spacial score (nSPS) is 13.3. The number of fused-ring (bicyclic) bond motifs is 2. The summed E-state index contributed by atoms with van der Waals surface area (Å²) < 4.78 is 22.5. The third kappa shape index (κ3) is 4.78. The zero-order valence-electron chi connectivity index (χ0n) is 19.0. The molecule has 0 atom stereocenters. The van der Waals surface area contributed by atoms with Gasteiger partial charge >= 0.3 is 0 Å². The van der Waals surface area contributed by atoms with Gasteiger partial charge in [0.2, 0.25) is 5.91 Å². The standard InChI is InChI=1S/C27H27FN4O2/c28-22-15-14-20(27-31-30-25-12-2-1-5-16-32(25)27)18-23(22)29-26(33)13-7-17-34-24-11-6-9-19-8-3-4-10-21(19)24/h3-4,6,8-11,14-15,18H,1-2,5,7,12-13,16-17H2,(H,29,33). The van der Waals surface area contributed by atoms with E-state index in [0.29, 0.717) is 13.0 Å². The van der Waals surface area contributed by atoms with E-state index in [1.807, 2.05) is 42.5 Å². The van der Waals surface area contributed by atoms with E-state index in [9.17, 15) is 9.18 Å². The van der Waals surface area contributed by atoms with Crippen LogP contribution in [0, 0.1) is 5.82 Å². The molecule has 2 heterocycles. The van der Waals surface area contributed by atoms with E-state index < -0.39 is 5.82 Å². The van der Waals surface area contributed by atoms with E-state index >= 15 is 0 Å². The van der Waals surface area contributed by atoms with Gasteiger partial charge in [0.15, 0.2) is 5.82 Å². The average molecular weight is 459 g/mol. The van der Waals surface area contributed by atoms with Crippen molar-refractivity contribution in [2.45, 2.75) is 45.1 Å². The number of nitrogens with zero attached hydrogens (tertiary/aromatic N) is 3. The van der Waals surface area contributed by atoms with Crippen LogP contribution in [0.25, 0.3) is 22.2 Å². The van der Waals surface area contributed by atoms with Crippen molar-refractivity contribution in [3.8, 4) is 17.1 Å². The van der Waals surface area contributed by atoms with Crippen LogP contribution >= 0.6 is 0 Å². The number of rotatable bonds is 7. The molecule has 0 saturated carbocycles. The lowest BCUT2D eigenvalue weighted by molar-refractivity contribution is -0.116. The molecule has 0 aliphatic carbocycles. The van der Waals surface area contributed by atoms with Gasteiger partial charge in [-0.15, -0.1) is 10.2 Å². The maximum absolute atomic E-state index is 14.5. The Hall–Kier alpha value is -3.74. The van der Waals surface area contributed by atoms with Crippen LogP contribution in [0.1, 0.15) is 37.9 Å². The molecule has 1 amide bonds. The molecule has 6 nitrogen and oxygen atoms in total. The molecule has 4 aromatic rings. The highest BCUT2D eigenvalue weighted by atomic mass is 19.1. The monoisotopic (exact) mass is 458 g/mol. The third-order valence-corrected chi connectivity index (χ3v) is 6.16. The van der Waals surface area contributed by atoms with Crippen LogP contribution in [0.3, 0.4) is 0 Å². The number of anilines is 1. The topological polar surface area (TPSA) is 69.0 Å². The maximum atomic E-state index is 14.5. The molecule has 1 aromatic heterocycles. The van der Waals surface area contributed by atoms with Gasteiger partial charge in [-0.25, -0.2) is 4.39 Å². The van der Waals surface area contributed by atoms with Gasteiger partial charge in [-0.05, 0) is 48.9 Å². The van der Waals surface area contributed by atoms with E-state index in [1.54, 1.807) is 12.1 Å². The molecule has 3 aromatic carbocycles. The summed E-state index contributed by atoms with van der Waals surface area (Å²) in [5.41, 5.74) is 0.903. The van der Waals surface area contributed by atoms with Gasteiger partial charge in [-0.2, -0.15) is 0 Å². The quantitative estimate of drug-likeness (QED) is 0.358. The lowest BCUT2D eigenvalue weighted by atomic mass is 10.1. The Balaban J connectivity index is 1.20. The van der Waals surface area contributed by atoms with Crippen LogP contribution in [0.4, 0.5) is 10.1 Å². The molecule has 1 aliphatic heterocycles. The number of aromatic nitrogens is 3. The summed E-state index contributed by atoms with van der Waals surface area (Å²) >= 11 is 0. The lowest BCUT2D eigenvalue weighted by Gasteiger charge is -2.11. The van der Waals surface area contributed by atoms with Gasteiger partial charge in [0.25, 0.3) is 0 Å². The molecule has 5 rings (SSSR count). The second-order valence-electron chi connectivity index (χ2n) is 8.57. The largest absolute Gasteiger partial charge is 0.493 e. The summed E-state index contributed by atoms with van der Waals surface area (Å²) in [5, 5.41) is 13.5. The predicted octanol–water partition coefficient (Wildman–Crippen LogP) is 5.76. The second kappa shape index (κ2) is 10.0. The van der Waals surface area contributed by atoms with Crippen LogP contribution in [-0.2, 0) is 17.8 Å².